The van der Waals surface area contributed by atoms with E-state index in [0.29, 0.717) is 0 Å². The van der Waals surface area contributed by atoms with Crippen molar-refractivity contribution in [2.45, 2.75) is 31.1 Å². The van der Waals surface area contributed by atoms with Crippen LogP contribution < -0.4 is 5.32 Å². The van der Waals surface area contributed by atoms with Crippen LogP contribution in [0.2, 0.25) is 0 Å². The Hall–Kier alpha value is -0.0700. The van der Waals surface area contributed by atoms with Crippen LogP contribution in [0.15, 0.2) is 15.2 Å². The fourth-order valence-corrected chi connectivity index (χ4v) is 2.60. The van der Waals surface area contributed by atoms with Gasteiger partial charge in [0.1, 0.15) is 5.54 Å². The Bertz CT molecular complexity index is 356. The van der Waals surface area contributed by atoms with E-state index in [4.69, 9.17) is 0 Å². The van der Waals surface area contributed by atoms with Gasteiger partial charge < -0.3 is 0 Å². The molecule has 0 amide bonds. The fraction of sp³-hybridized carbons (Fsp3) is 0.556. The third kappa shape index (κ3) is 2.37. The van der Waals surface area contributed by atoms with E-state index in [2.05, 4.69) is 21.2 Å². The molecule has 0 saturated heterocycles. The maximum atomic E-state index is 12.5. The lowest BCUT2D eigenvalue weighted by Crippen LogP contribution is -2.44. The van der Waals surface area contributed by atoms with Crippen molar-refractivity contribution in [3.63, 3.8) is 0 Å². The van der Waals surface area contributed by atoms with E-state index < -0.39 is 11.7 Å². The van der Waals surface area contributed by atoms with Gasteiger partial charge in [-0.25, -0.2) is 0 Å². The SMILES string of the molecule is FC(F)(F)C1(NCc2csc(Br)c2)CC1. The molecule has 84 valence electrons. The van der Waals surface area contributed by atoms with Crippen LogP contribution in [0.1, 0.15) is 18.4 Å². The molecule has 2 rings (SSSR count). The molecule has 1 N–H and O–H groups in total. The summed E-state index contributed by atoms with van der Waals surface area (Å²) in [6, 6.07) is 1.84. The van der Waals surface area contributed by atoms with E-state index >= 15 is 0 Å². The summed E-state index contributed by atoms with van der Waals surface area (Å²) in [6.07, 6.45) is -3.73. The molecule has 0 bridgehead atoms. The summed E-state index contributed by atoms with van der Waals surface area (Å²) in [4.78, 5) is 0. The van der Waals surface area contributed by atoms with E-state index in [-0.39, 0.29) is 19.4 Å². The summed E-state index contributed by atoms with van der Waals surface area (Å²) in [5.74, 6) is 0. The highest BCUT2D eigenvalue weighted by atomic mass is 79.9. The highest BCUT2D eigenvalue weighted by Gasteiger charge is 2.62. The number of rotatable bonds is 3. The van der Waals surface area contributed by atoms with Gasteiger partial charge in [0, 0.05) is 6.54 Å². The second-order valence-corrected chi connectivity index (χ2v) is 5.98. The van der Waals surface area contributed by atoms with Gasteiger partial charge in [0.2, 0.25) is 0 Å². The predicted molar refractivity (Wildman–Crippen MR) is 56.9 cm³/mol. The highest BCUT2D eigenvalue weighted by molar-refractivity contribution is 9.11. The van der Waals surface area contributed by atoms with Crippen LogP contribution in [-0.2, 0) is 6.54 Å². The molecule has 1 aromatic heterocycles. The van der Waals surface area contributed by atoms with Crippen LogP contribution in [0, 0.1) is 0 Å². The molecule has 15 heavy (non-hydrogen) atoms. The number of nitrogens with one attached hydrogen (secondary N) is 1. The van der Waals surface area contributed by atoms with E-state index in [1.807, 2.05) is 11.4 Å². The third-order valence-corrected chi connectivity index (χ3v) is 4.10. The van der Waals surface area contributed by atoms with E-state index in [9.17, 15) is 13.2 Å². The minimum absolute atomic E-state index is 0.196. The maximum absolute atomic E-state index is 12.5. The van der Waals surface area contributed by atoms with Crippen molar-refractivity contribution in [2.24, 2.45) is 0 Å². The highest BCUT2D eigenvalue weighted by Crippen LogP contribution is 2.49. The van der Waals surface area contributed by atoms with Crippen molar-refractivity contribution < 1.29 is 13.2 Å². The minimum Gasteiger partial charge on any atom is -0.299 e. The van der Waals surface area contributed by atoms with Gasteiger partial charge in [0.25, 0.3) is 0 Å². The van der Waals surface area contributed by atoms with Crippen molar-refractivity contribution in [1.29, 1.82) is 0 Å². The van der Waals surface area contributed by atoms with Crippen molar-refractivity contribution in [3.8, 4) is 0 Å². The quantitative estimate of drug-likeness (QED) is 0.897. The zero-order valence-electron chi connectivity index (χ0n) is 7.70. The Morgan fingerprint density at radius 3 is 2.53 bits per heavy atom. The molecule has 0 atom stereocenters. The average molecular weight is 300 g/mol. The molecule has 1 aromatic rings. The molecular weight excluding hydrogens is 291 g/mol. The number of alkyl halides is 3. The Morgan fingerprint density at radius 2 is 2.13 bits per heavy atom. The summed E-state index contributed by atoms with van der Waals surface area (Å²) >= 11 is 4.75. The first-order chi connectivity index (χ1) is 6.93. The van der Waals surface area contributed by atoms with Gasteiger partial charge in [-0.05, 0) is 45.8 Å². The number of hydrogen-bond donors (Lipinski definition) is 1. The van der Waals surface area contributed by atoms with Crippen molar-refractivity contribution in [2.75, 3.05) is 0 Å². The molecule has 0 aliphatic heterocycles. The zero-order valence-corrected chi connectivity index (χ0v) is 10.1. The number of thiophene rings is 1. The second-order valence-electron chi connectivity index (χ2n) is 3.69. The monoisotopic (exact) mass is 299 g/mol. The first kappa shape index (κ1) is 11.4. The molecule has 0 spiro atoms. The summed E-state index contributed by atoms with van der Waals surface area (Å²) in [5.41, 5.74) is -0.719. The zero-order chi connectivity index (χ0) is 11.1. The van der Waals surface area contributed by atoms with Crippen LogP contribution in [0.5, 0.6) is 0 Å². The third-order valence-electron chi connectivity index (χ3n) is 2.55. The smallest absolute Gasteiger partial charge is 0.299 e. The fourth-order valence-electron chi connectivity index (χ4n) is 1.40. The molecule has 1 aliphatic rings. The van der Waals surface area contributed by atoms with Crippen LogP contribution in [0.25, 0.3) is 0 Å². The largest absolute Gasteiger partial charge is 0.406 e. The maximum Gasteiger partial charge on any atom is 0.406 e. The summed E-state index contributed by atoms with van der Waals surface area (Å²) in [5, 5.41) is 4.45. The Balaban J connectivity index is 1.94. The first-order valence-corrected chi connectivity index (χ1v) is 6.15. The van der Waals surface area contributed by atoms with Gasteiger partial charge >= 0.3 is 6.18 Å². The molecular formula is C9H9BrF3NS. The van der Waals surface area contributed by atoms with Crippen LogP contribution in [-0.4, -0.2) is 11.7 Å². The van der Waals surface area contributed by atoms with E-state index in [1.165, 1.54) is 11.3 Å². The molecule has 0 aromatic carbocycles. The molecule has 1 heterocycles. The molecule has 6 heteroatoms. The van der Waals surface area contributed by atoms with E-state index in [1.54, 1.807) is 0 Å². The Kier molecular flexibility index (Phi) is 2.85. The van der Waals surface area contributed by atoms with Crippen LogP contribution >= 0.6 is 27.3 Å². The van der Waals surface area contributed by atoms with Gasteiger partial charge in [-0.1, -0.05) is 0 Å². The second kappa shape index (κ2) is 3.75. The molecule has 1 fully saturated rings. The van der Waals surface area contributed by atoms with E-state index in [0.717, 1.165) is 9.35 Å². The molecule has 0 unspecified atom stereocenters. The van der Waals surface area contributed by atoms with Gasteiger partial charge in [-0.2, -0.15) is 13.2 Å². The first-order valence-electron chi connectivity index (χ1n) is 4.48. The number of halogens is 4. The summed E-state index contributed by atoms with van der Waals surface area (Å²) < 4.78 is 38.5. The lowest BCUT2D eigenvalue weighted by Gasteiger charge is -2.20. The summed E-state index contributed by atoms with van der Waals surface area (Å²) in [6.45, 7) is 0.279. The van der Waals surface area contributed by atoms with Crippen molar-refractivity contribution >= 4 is 27.3 Å². The van der Waals surface area contributed by atoms with Crippen LogP contribution in [0.4, 0.5) is 13.2 Å². The Morgan fingerprint density at radius 1 is 1.47 bits per heavy atom. The predicted octanol–water partition coefficient (Wildman–Crippen LogP) is 3.70. The standard InChI is InChI=1S/C9H9BrF3NS/c10-7-3-6(5-15-7)4-14-8(1-2-8)9(11,12)13/h3,5,14H,1-2,4H2. The van der Waals surface area contributed by atoms with Gasteiger partial charge in [0.05, 0.1) is 3.79 Å². The lowest BCUT2D eigenvalue weighted by atomic mass is 10.2. The van der Waals surface area contributed by atoms with Gasteiger partial charge in [0.15, 0.2) is 0 Å². The minimum atomic E-state index is -4.12. The van der Waals surface area contributed by atoms with Crippen molar-refractivity contribution in [1.82, 2.24) is 5.32 Å². The summed E-state index contributed by atoms with van der Waals surface area (Å²) in [7, 11) is 0. The average Bonchev–Trinajstić information content (AvgIpc) is 2.82. The number of hydrogen-bond acceptors (Lipinski definition) is 2. The lowest BCUT2D eigenvalue weighted by molar-refractivity contribution is -0.166. The van der Waals surface area contributed by atoms with Gasteiger partial charge in [-0.15, -0.1) is 11.3 Å². The molecule has 0 radical (unpaired) electrons. The van der Waals surface area contributed by atoms with Gasteiger partial charge in [-0.3, -0.25) is 5.32 Å². The molecule has 1 saturated carbocycles. The molecule has 1 nitrogen and oxygen atoms in total. The van der Waals surface area contributed by atoms with Crippen molar-refractivity contribution in [3.05, 3.63) is 20.8 Å². The molecule has 1 aliphatic carbocycles. The Labute approximate surface area is 97.8 Å². The normalized spacial score (nSPS) is 19.2. The topological polar surface area (TPSA) is 12.0 Å². The van der Waals surface area contributed by atoms with Crippen LogP contribution in [0.3, 0.4) is 0 Å².